The van der Waals surface area contributed by atoms with Crippen molar-refractivity contribution in [3.8, 4) is 11.5 Å². The number of aromatic amines is 1. The summed E-state index contributed by atoms with van der Waals surface area (Å²) in [4.78, 5) is 15.0. The van der Waals surface area contributed by atoms with E-state index in [2.05, 4.69) is 38.1 Å². The van der Waals surface area contributed by atoms with Crippen molar-refractivity contribution in [1.82, 2.24) is 19.9 Å². The third-order valence-electron chi connectivity index (χ3n) is 5.36. The van der Waals surface area contributed by atoms with E-state index in [0.29, 0.717) is 5.92 Å². The van der Waals surface area contributed by atoms with Crippen LogP contribution in [0.2, 0.25) is 0 Å². The van der Waals surface area contributed by atoms with Crippen molar-refractivity contribution in [3.63, 3.8) is 0 Å². The van der Waals surface area contributed by atoms with Crippen LogP contribution in [-0.2, 0) is 6.54 Å². The minimum Gasteiger partial charge on any atom is -0.493 e. The summed E-state index contributed by atoms with van der Waals surface area (Å²) < 4.78 is 10.7. The predicted molar refractivity (Wildman–Crippen MR) is 105 cm³/mol. The van der Waals surface area contributed by atoms with Gasteiger partial charge in [-0.15, -0.1) is 0 Å². The number of H-pyrrole nitrogens is 1. The standard InChI is InChI=1S/C21H26N4O2/c1-14-12-22-18-11-17(24-21(18)23-14)16-6-8-25(9-7-16)13-15-4-5-19(26-2)20(10-15)27-3/h4-5,10-12,16H,6-9,13H2,1-3H3,(H,23,24). The molecule has 0 radical (unpaired) electrons. The highest BCUT2D eigenvalue weighted by atomic mass is 16.5. The van der Waals surface area contributed by atoms with Gasteiger partial charge in [-0.05, 0) is 56.6 Å². The van der Waals surface area contributed by atoms with Gasteiger partial charge in [0, 0.05) is 24.4 Å². The molecule has 2 aromatic heterocycles. The van der Waals surface area contributed by atoms with E-state index in [1.165, 1.54) is 11.3 Å². The van der Waals surface area contributed by atoms with Gasteiger partial charge in [-0.3, -0.25) is 9.88 Å². The Balaban J connectivity index is 1.39. The zero-order valence-electron chi connectivity index (χ0n) is 16.2. The van der Waals surface area contributed by atoms with Crippen LogP contribution in [0.25, 0.3) is 11.2 Å². The molecule has 142 valence electrons. The van der Waals surface area contributed by atoms with Crippen LogP contribution in [0.3, 0.4) is 0 Å². The number of likely N-dealkylation sites (tertiary alicyclic amines) is 1. The molecule has 1 fully saturated rings. The van der Waals surface area contributed by atoms with E-state index in [-0.39, 0.29) is 0 Å². The highest BCUT2D eigenvalue weighted by Crippen LogP contribution is 2.31. The number of methoxy groups -OCH3 is 2. The van der Waals surface area contributed by atoms with Crippen molar-refractivity contribution in [2.45, 2.75) is 32.2 Å². The van der Waals surface area contributed by atoms with Gasteiger partial charge in [0.2, 0.25) is 0 Å². The minimum absolute atomic E-state index is 0.544. The monoisotopic (exact) mass is 366 g/mol. The molecule has 27 heavy (non-hydrogen) atoms. The molecule has 1 N–H and O–H groups in total. The first-order chi connectivity index (χ1) is 13.2. The molecule has 4 rings (SSSR count). The molecule has 3 aromatic rings. The lowest BCUT2D eigenvalue weighted by molar-refractivity contribution is 0.203. The number of hydrogen-bond acceptors (Lipinski definition) is 5. The van der Waals surface area contributed by atoms with Crippen LogP contribution >= 0.6 is 0 Å². The van der Waals surface area contributed by atoms with Gasteiger partial charge in [0.05, 0.1) is 19.9 Å². The number of aromatic nitrogens is 3. The first kappa shape index (κ1) is 17.8. The van der Waals surface area contributed by atoms with E-state index in [9.17, 15) is 0 Å². The lowest BCUT2D eigenvalue weighted by Gasteiger charge is -2.31. The number of rotatable bonds is 5. The van der Waals surface area contributed by atoms with Crippen LogP contribution in [0.4, 0.5) is 0 Å². The summed E-state index contributed by atoms with van der Waals surface area (Å²) in [6, 6.07) is 8.33. The maximum Gasteiger partial charge on any atom is 0.161 e. The van der Waals surface area contributed by atoms with E-state index in [1.54, 1.807) is 14.2 Å². The third kappa shape index (κ3) is 3.76. The van der Waals surface area contributed by atoms with Crippen molar-refractivity contribution in [2.24, 2.45) is 0 Å². The van der Waals surface area contributed by atoms with Gasteiger partial charge >= 0.3 is 0 Å². The molecule has 0 spiro atoms. The maximum absolute atomic E-state index is 5.42. The molecule has 0 atom stereocenters. The van der Waals surface area contributed by atoms with Crippen molar-refractivity contribution in [2.75, 3.05) is 27.3 Å². The van der Waals surface area contributed by atoms with E-state index in [1.807, 2.05) is 19.2 Å². The van der Waals surface area contributed by atoms with E-state index >= 15 is 0 Å². The third-order valence-corrected chi connectivity index (χ3v) is 5.36. The highest BCUT2D eigenvalue weighted by molar-refractivity contribution is 5.71. The molecule has 0 bridgehead atoms. The summed E-state index contributed by atoms with van der Waals surface area (Å²) in [5.41, 5.74) is 5.32. The Bertz CT molecular complexity index is 929. The summed E-state index contributed by atoms with van der Waals surface area (Å²) in [7, 11) is 3.34. The number of aryl methyl sites for hydroxylation is 1. The molecule has 1 aliphatic heterocycles. The number of nitrogens with zero attached hydrogens (tertiary/aromatic N) is 3. The molecule has 3 heterocycles. The van der Waals surface area contributed by atoms with Crippen LogP contribution in [0.1, 0.15) is 35.7 Å². The molecule has 6 heteroatoms. The topological polar surface area (TPSA) is 63.3 Å². The number of ether oxygens (including phenoxy) is 2. The number of benzene rings is 1. The number of fused-ring (bicyclic) bond motifs is 1. The van der Waals surface area contributed by atoms with Gasteiger partial charge in [-0.1, -0.05) is 6.07 Å². The Morgan fingerprint density at radius 3 is 2.63 bits per heavy atom. The zero-order valence-corrected chi connectivity index (χ0v) is 16.2. The Labute approximate surface area is 159 Å². The van der Waals surface area contributed by atoms with Crippen LogP contribution in [-0.4, -0.2) is 47.2 Å². The first-order valence-corrected chi connectivity index (χ1v) is 9.42. The average molecular weight is 366 g/mol. The van der Waals surface area contributed by atoms with E-state index in [0.717, 1.165) is 60.8 Å². The fourth-order valence-corrected chi connectivity index (χ4v) is 3.86. The lowest BCUT2D eigenvalue weighted by Crippen LogP contribution is -2.32. The van der Waals surface area contributed by atoms with Crippen LogP contribution < -0.4 is 9.47 Å². The molecule has 6 nitrogen and oxygen atoms in total. The van der Waals surface area contributed by atoms with Gasteiger partial charge in [0.25, 0.3) is 0 Å². The number of piperidine rings is 1. The van der Waals surface area contributed by atoms with Crippen LogP contribution in [0.15, 0.2) is 30.5 Å². The maximum atomic E-state index is 5.42. The summed E-state index contributed by atoms with van der Waals surface area (Å²) in [5.74, 6) is 2.11. The van der Waals surface area contributed by atoms with E-state index in [4.69, 9.17) is 9.47 Å². The molecular formula is C21H26N4O2. The van der Waals surface area contributed by atoms with Gasteiger partial charge in [-0.25, -0.2) is 4.98 Å². The smallest absolute Gasteiger partial charge is 0.161 e. The minimum atomic E-state index is 0.544. The van der Waals surface area contributed by atoms with Crippen LogP contribution in [0.5, 0.6) is 11.5 Å². The Kier molecular flexibility index (Phi) is 4.99. The van der Waals surface area contributed by atoms with Gasteiger partial charge in [-0.2, -0.15) is 0 Å². The summed E-state index contributed by atoms with van der Waals surface area (Å²) in [5, 5.41) is 0. The normalized spacial score (nSPS) is 16.0. The zero-order chi connectivity index (χ0) is 18.8. The fourth-order valence-electron chi connectivity index (χ4n) is 3.86. The van der Waals surface area contributed by atoms with Crippen molar-refractivity contribution in [3.05, 3.63) is 47.4 Å². The average Bonchev–Trinajstić information content (AvgIpc) is 3.11. The largest absolute Gasteiger partial charge is 0.493 e. The quantitative estimate of drug-likeness (QED) is 0.746. The molecule has 1 saturated heterocycles. The van der Waals surface area contributed by atoms with Crippen molar-refractivity contribution >= 4 is 11.2 Å². The second-order valence-electron chi connectivity index (χ2n) is 7.21. The predicted octanol–water partition coefficient (Wildman–Crippen LogP) is 3.66. The highest BCUT2D eigenvalue weighted by Gasteiger charge is 2.22. The van der Waals surface area contributed by atoms with Crippen LogP contribution in [0, 0.1) is 6.92 Å². The first-order valence-electron chi connectivity index (χ1n) is 9.42. The molecule has 1 aromatic carbocycles. The Morgan fingerprint density at radius 1 is 1.11 bits per heavy atom. The number of hydrogen-bond donors (Lipinski definition) is 1. The second-order valence-corrected chi connectivity index (χ2v) is 7.21. The fraction of sp³-hybridized carbons (Fsp3) is 0.429. The Morgan fingerprint density at radius 2 is 1.89 bits per heavy atom. The van der Waals surface area contributed by atoms with Crippen molar-refractivity contribution in [1.29, 1.82) is 0 Å². The molecule has 1 aliphatic rings. The molecule has 0 amide bonds. The summed E-state index contributed by atoms with van der Waals surface area (Å²) in [6.07, 6.45) is 4.10. The Hall–Kier alpha value is -2.60. The summed E-state index contributed by atoms with van der Waals surface area (Å²) in [6.45, 7) is 5.06. The van der Waals surface area contributed by atoms with Crippen molar-refractivity contribution < 1.29 is 9.47 Å². The van der Waals surface area contributed by atoms with Gasteiger partial charge in [0.15, 0.2) is 17.1 Å². The SMILES string of the molecule is COc1ccc(CN2CCC(c3cc4ncc(C)nc4[nH]3)CC2)cc1OC. The lowest BCUT2D eigenvalue weighted by atomic mass is 9.93. The van der Waals surface area contributed by atoms with Gasteiger partial charge < -0.3 is 14.5 Å². The molecule has 0 aliphatic carbocycles. The van der Waals surface area contributed by atoms with E-state index < -0.39 is 0 Å². The van der Waals surface area contributed by atoms with Gasteiger partial charge in [0.1, 0.15) is 5.52 Å². The number of nitrogens with one attached hydrogen (secondary N) is 1. The molecule has 0 saturated carbocycles. The molecule has 0 unspecified atom stereocenters. The molecular weight excluding hydrogens is 340 g/mol. The summed E-state index contributed by atoms with van der Waals surface area (Å²) >= 11 is 0. The second kappa shape index (κ2) is 7.56.